The van der Waals surface area contributed by atoms with E-state index in [0.717, 1.165) is 6.54 Å². The number of benzene rings is 1. The van der Waals surface area contributed by atoms with E-state index in [4.69, 9.17) is 0 Å². The fourth-order valence-corrected chi connectivity index (χ4v) is 1.87. The Morgan fingerprint density at radius 1 is 1.21 bits per heavy atom. The standard InChI is InChI=1S/C13H17N/c1-10(2)9-14-7-6-12-8-11(3)4-5-13(12)14/h4-8,10H,9H2,1-3H3. The van der Waals surface area contributed by atoms with Gasteiger partial charge in [0.1, 0.15) is 0 Å². The molecule has 0 atom stereocenters. The molecule has 74 valence electrons. The molecule has 2 aromatic rings. The molecule has 1 aromatic heterocycles. The number of fused-ring (bicyclic) bond motifs is 1. The van der Waals surface area contributed by atoms with E-state index in [-0.39, 0.29) is 0 Å². The summed E-state index contributed by atoms with van der Waals surface area (Å²) < 4.78 is 2.33. The van der Waals surface area contributed by atoms with Gasteiger partial charge in [0.2, 0.25) is 0 Å². The number of hydrogen-bond donors (Lipinski definition) is 0. The molecule has 1 nitrogen and oxygen atoms in total. The quantitative estimate of drug-likeness (QED) is 0.677. The van der Waals surface area contributed by atoms with E-state index in [9.17, 15) is 0 Å². The summed E-state index contributed by atoms with van der Waals surface area (Å²) in [4.78, 5) is 0. The van der Waals surface area contributed by atoms with E-state index in [1.807, 2.05) is 0 Å². The first-order valence-corrected chi connectivity index (χ1v) is 5.22. The second-order valence-corrected chi connectivity index (χ2v) is 4.42. The molecular weight excluding hydrogens is 170 g/mol. The lowest BCUT2D eigenvalue weighted by Gasteiger charge is -2.08. The van der Waals surface area contributed by atoms with Crippen molar-refractivity contribution in [3.63, 3.8) is 0 Å². The summed E-state index contributed by atoms with van der Waals surface area (Å²) in [5, 5.41) is 1.35. The lowest BCUT2D eigenvalue weighted by molar-refractivity contribution is 0.535. The van der Waals surface area contributed by atoms with Crippen LogP contribution < -0.4 is 0 Å². The van der Waals surface area contributed by atoms with Gasteiger partial charge in [-0.1, -0.05) is 25.5 Å². The largest absolute Gasteiger partial charge is 0.347 e. The highest BCUT2D eigenvalue weighted by Crippen LogP contribution is 2.18. The number of rotatable bonds is 2. The van der Waals surface area contributed by atoms with Gasteiger partial charge in [-0.3, -0.25) is 0 Å². The normalized spacial score (nSPS) is 11.4. The van der Waals surface area contributed by atoms with Crippen LogP contribution in [-0.4, -0.2) is 4.57 Å². The summed E-state index contributed by atoms with van der Waals surface area (Å²) in [5.74, 6) is 0.701. The Morgan fingerprint density at radius 2 is 2.00 bits per heavy atom. The molecule has 0 unspecified atom stereocenters. The molecular formula is C13H17N. The molecule has 0 N–H and O–H groups in total. The number of aryl methyl sites for hydroxylation is 1. The van der Waals surface area contributed by atoms with Crippen molar-refractivity contribution >= 4 is 10.9 Å². The molecule has 2 rings (SSSR count). The van der Waals surface area contributed by atoms with Crippen molar-refractivity contribution in [2.45, 2.75) is 27.3 Å². The molecule has 0 aliphatic carbocycles. The lowest BCUT2D eigenvalue weighted by atomic mass is 10.2. The summed E-state index contributed by atoms with van der Waals surface area (Å²) in [6, 6.07) is 8.84. The van der Waals surface area contributed by atoms with Crippen LogP contribution in [0.15, 0.2) is 30.5 Å². The molecule has 0 amide bonds. The van der Waals surface area contributed by atoms with Crippen molar-refractivity contribution in [2.24, 2.45) is 5.92 Å². The fourth-order valence-electron chi connectivity index (χ4n) is 1.87. The van der Waals surface area contributed by atoms with Gasteiger partial charge in [0, 0.05) is 18.3 Å². The van der Waals surface area contributed by atoms with Crippen molar-refractivity contribution in [3.8, 4) is 0 Å². The summed E-state index contributed by atoms with van der Waals surface area (Å²) in [6.07, 6.45) is 2.18. The molecule has 14 heavy (non-hydrogen) atoms. The molecule has 0 aliphatic heterocycles. The third-order valence-electron chi connectivity index (χ3n) is 2.49. The van der Waals surface area contributed by atoms with Crippen LogP contribution in [0.5, 0.6) is 0 Å². The molecule has 1 aromatic carbocycles. The average Bonchev–Trinajstić information content (AvgIpc) is 2.47. The van der Waals surface area contributed by atoms with Gasteiger partial charge in [0.25, 0.3) is 0 Å². The molecule has 0 bridgehead atoms. The minimum atomic E-state index is 0.701. The molecule has 0 spiro atoms. The highest BCUT2D eigenvalue weighted by Gasteiger charge is 2.02. The summed E-state index contributed by atoms with van der Waals surface area (Å²) in [7, 11) is 0. The SMILES string of the molecule is Cc1ccc2c(ccn2CC(C)C)c1. The van der Waals surface area contributed by atoms with E-state index in [2.05, 4.69) is 55.8 Å². The molecule has 0 saturated heterocycles. The third kappa shape index (κ3) is 1.67. The van der Waals surface area contributed by atoms with Gasteiger partial charge < -0.3 is 4.57 Å². The second-order valence-electron chi connectivity index (χ2n) is 4.42. The van der Waals surface area contributed by atoms with E-state index in [0.29, 0.717) is 5.92 Å². The molecule has 0 aliphatic rings. The van der Waals surface area contributed by atoms with Crippen molar-refractivity contribution in [2.75, 3.05) is 0 Å². The smallest absolute Gasteiger partial charge is 0.0480 e. The maximum Gasteiger partial charge on any atom is 0.0480 e. The number of hydrogen-bond acceptors (Lipinski definition) is 0. The number of nitrogens with zero attached hydrogens (tertiary/aromatic N) is 1. The summed E-state index contributed by atoms with van der Waals surface area (Å²) in [5.41, 5.74) is 2.68. The Kier molecular flexibility index (Phi) is 2.32. The first kappa shape index (κ1) is 9.32. The Balaban J connectivity index is 2.47. The first-order valence-electron chi connectivity index (χ1n) is 5.22. The van der Waals surface area contributed by atoms with Crippen molar-refractivity contribution in [3.05, 3.63) is 36.0 Å². The zero-order chi connectivity index (χ0) is 10.1. The minimum Gasteiger partial charge on any atom is -0.347 e. The van der Waals surface area contributed by atoms with Crippen LogP contribution in [-0.2, 0) is 6.54 Å². The lowest BCUT2D eigenvalue weighted by Crippen LogP contribution is -2.02. The van der Waals surface area contributed by atoms with E-state index in [1.165, 1.54) is 16.5 Å². The van der Waals surface area contributed by atoms with Crippen LogP contribution >= 0.6 is 0 Å². The van der Waals surface area contributed by atoms with Gasteiger partial charge in [-0.05, 0) is 36.4 Å². The predicted molar refractivity (Wildman–Crippen MR) is 61.5 cm³/mol. The number of aromatic nitrogens is 1. The van der Waals surface area contributed by atoms with E-state index < -0.39 is 0 Å². The zero-order valence-corrected chi connectivity index (χ0v) is 9.12. The van der Waals surface area contributed by atoms with E-state index >= 15 is 0 Å². The van der Waals surface area contributed by atoms with Gasteiger partial charge >= 0.3 is 0 Å². The van der Waals surface area contributed by atoms with Crippen molar-refractivity contribution in [1.82, 2.24) is 4.57 Å². The van der Waals surface area contributed by atoms with Gasteiger partial charge in [0.05, 0.1) is 0 Å². The third-order valence-corrected chi connectivity index (χ3v) is 2.49. The Morgan fingerprint density at radius 3 is 2.71 bits per heavy atom. The van der Waals surface area contributed by atoms with Crippen LogP contribution in [0.25, 0.3) is 10.9 Å². The Bertz CT molecular complexity index is 437. The monoisotopic (exact) mass is 187 g/mol. The van der Waals surface area contributed by atoms with Gasteiger partial charge in [-0.2, -0.15) is 0 Å². The average molecular weight is 187 g/mol. The zero-order valence-electron chi connectivity index (χ0n) is 9.12. The fraction of sp³-hybridized carbons (Fsp3) is 0.385. The summed E-state index contributed by atoms with van der Waals surface area (Å²) >= 11 is 0. The maximum absolute atomic E-state index is 2.33. The predicted octanol–water partition coefficient (Wildman–Crippen LogP) is 3.61. The van der Waals surface area contributed by atoms with Gasteiger partial charge in [-0.25, -0.2) is 0 Å². The highest BCUT2D eigenvalue weighted by atomic mass is 15.0. The van der Waals surface area contributed by atoms with Crippen molar-refractivity contribution in [1.29, 1.82) is 0 Å². The molecule has 1 heterocycles. The first-order chi connectivity index (χ1) is 6.66. The van der Waals surface area contributed by atoms with Gasteiger partial charge in [0.15, 0.2) is 0 Å². The van der Waals surface area contributed by atoms with Gasteiger partial charge in [-0.15, -0.1) is 0 Å². The summed E-state index contributed by atoms with van der Waals surface area (Å²) in [6.45, 7) is 7.74. The molecule has 1 heteroatoms. The molecule has 0 radical (unpaired) electrons. The van der Waals surface area contributed by atoms with Crippen LogP contribution in [0.1, 0.15) is 19.4 Å². The second kappa shape index (κ2) is 3.49. The maximum atomic E-state index is 2.33. The minimum absolute atomic E-state index is 0.701. The van der Waals surface area contributed by atoms with Crippen LogP contribution in [0, 0.1) is 12.8 Å². The topological polar surface area (TPSA) is 4.93 Å². The molecule has 0 fully saturated rings. The molecule has 0 saturated carbocycles. The van der Waals surface area contributed by atoms with E-state index in [1.54, 1.807) is 0 Å². The van der Waals surface area contributed by atoms with Crippen molar-refractivity contribution < 1.29 is 0 Å². The van der Waals surface area contributed by atoms with Crippen LogP contribution in [0.2, 0.25) is 0 Å². The van der Waals surface area contributed by atoms with Crippen LogP contribution in [0.4, 0.5) is 0 Å². The Hall–Kier alpha value is -1.24. The Labute approximate surface area is 85.4 Å². The van der Waals surface area contributed by atoms with Crippen LogP contribution in [0.3, 0.4) is 0 Å². The highest BCUT2D eigenvalue weighted by molar-refractivity contribution is 5.80.